The highest BCUT2D eigenvalue weighted by atomic mass is 79.9. The van der Waals surface area contributed by atoms with Crippen molar-refractivity contribution in [2.75, 3.05) is 6.54 Å². The van der Waals surface area contributed by atoms with E-state index < -0.39 is 0 Å². The summed E-state index contributed by atoms with van der Waals surface area (Å²) in [5.41, 5.74) is 0.882. The molecule has 0 amide bonds. The highest BCUT2D eigenvalue weighted by Crippen LogP contribution is 2.30. The third-order valence-electron chi connectivity index (χ3n) is 2.95. The highest BCUT2D eigenvalue weighted by Gasteiger charge is 2.15. The minimum Gasteiger partial charge on any atom is -0.308 e. The number of aromatic nitrogens is 2. The molecule has 0 saturated carbocycles. The van der Waals surface area contributed by atoms with Crippen molar-refractivity contribution < 1.29 is 4.39 Å². The lowest BCUT2D eigenvalue weighted by Gasteiger charge is -2.12. The third-order valence-corrected chi connectivity index (χ3v) is 4.65. The molecule has 0 bridgehead atoms. The standard InChI is InChI=1S/C14H17BrFN3S/c1-3-7-17-12(4-2)14-19-18-13(20-14)9-5-6-11(16)10(15)8-9/h5-6,8,12,17H,3-4,7H2,1-2H3. The quantitative estimate of drug-likeness (QED) is 0.823. The summed E-state index contributed by atoms with van der Waals surface area (Å²) in [6.07, 6.45) is 2.06. The first-order valence-corrected chi connectivity index (χ1v) is 8.28. The Morgan fingerprint density at radius 1 is 1.35 bits per heavy atom. The lowest BCUT2D eigenvalue weighted by atomic mass is 10.2. The van der Waals surface area contributed by atoms with Gasteiger partial charge in [0.1, 0.15) is 15.8 Å². The maximum atomic E-state index is 13.3. The normalized spacial score (nSPS) is 12.6. The van der Waals surface area contributed by atoms with E-state index in [1.807, 2.05) is 0 Å². The molecule has 1 unspecified atom stereocenters. The lowest BCUT2D eigenvalue weighted by molar-refractivity contribution is 0.513. The van der Waals surface area contributed by atoms with Gasteiger partial charge in [-0.25, -0.2) is 4.39 Å². The van der Waals surface area contributed by atoms with Crippen LogP contribution >= 0.6 is 27.3 Å². The average Bonchev–Trinajstić information content (AvgIpc) is 2.92. The van der Waals surface area contributed by atoms with Gasteiger partial charge in [0.25, 0.3) is 0 Å². The van der Waals surface area contributed by atoms with Gasteiger partial charge in [0.15, 0.2) is 0 Å². The maximum absolute atomic E-state index is 13.3. The Morgan fingerprint density at radius 2 is 2.15 bits per heavy atom. The first-order chi connectivity index (χ1) is 9.65. The molecule has 1 aromatic carbocycles. The van der Waals surface area contributed by atoms with Crippen LogP contribution in [-0.2, 0) is 0 Å². The van der Waals surface area contributed by atoms with Crippen LogP contribution in [0.4, 0.5) is 4.39 Å². The summed E-state index contributed by atoms with van der Waals surface area (Å²) in [6.45, 7) is 5.24. The molecule has 0 radical (unpaired) electrons. The Labute approximate surface area is 130 Å². The molecule has 20 heavy (non-hydrogen) atoms. The van der Waals surface area contributed by atoms with Gasteiger partial charge in [0, 0.05) is 5.56 Å². The van der Waals surface area contributed by atoms with Crippen molar-refractivity contribution in [2.24, 2.45) is 0 Å². The molecular formula is C14H17BrFN3S. The SMILES string of the molecule is CCCNC(CC)c1nnc(-c2ccc(F)c(Br)c2)s1. The number of halogens is 2. The molecule has 1 N–H and O–H groups in total. The molecule has 0 aliphatic rings. The number of nitrogens with one attached hydrogen (secondary N) is 1. The lowest BCUT2D eigenvalue weighted by Crippen LogP contribution is -2.21. The van der Waals surface area contributed by atoms with E-state index in [9.17, 15) is 4.39 Å². The zero-order chi connectivity index (χ0) is 14.5. The molecule has 0 saturated heterocycles. The van der Waals surface area contributed by atoms with Gasteiger partial charge in [-0.2, -0.15) is 0 Å². The molecule has 3 nitrogen and oxygen atoms in total. The number of benzene rings is 1. The number of rotatable bonds is 6. The molecule has 0 spiro atoms. The van der Waals surface area contributed by atoms with Crippen molar-refractivity contribution in [2.45, 2.75) is 32.7 Å². The molecule has 0 aliphatic heterocycles. The van der Waals surface area contributed by atoms with Gasteiger partial charge in [0.05, 0.1) is 10.5 Å². The smallest absolute Gasteiger partial charge is 0.147 e. The zero-order valence-electron chi connectivity index (χ0n) is 11.5. The fourth-order valence-corrected chi connectivity index (χ4v) is 3.22. The van der Waals surface area contributed by atoms with Crippen LogP contribution in [0.15, 0.2) is 22.7 Å². The summed E-state index contributed by atoms with van der Waals surface area (Å²) in [6, 6.07) is 5.14. The van der Waals surface area contributed by atoms with Crippen molar-refractivity contribution in [1.82, 2.24) is 15.5 Å². The fourth-order valence-electron chi connectivity index (χ4n) is 1.85. The van der Waals surface area contributed by atoms with Crippen molar-refractivity contribution in [1.29, 1.82) is 0 Å². The average molecular weight is 358 g/mol. The van der Waals surface area contributed by atoms with Crippen LogP contribution in [-0.4, -0.2) is 16.7 Å². The molecule has 6 heteroatoms. The molecule has 108 valence electrons. The molecule has 2 aromatic rings. The van der Waals surface area contributed by atoms with E-state index in [4.69, 9.17) is 0 Å². The van der Waals surface area contributed by atoms with Gasteiger partial charge in [-0.05, 0) is 53.5 Å². The van der Waals surface area contributed by atoms with E-state index in [0.717, 1.165) is 35.0 Å². The highest BCUT2D eigenvalue weighted by molar-refractivity contribution is 9.10. The van der Waals surface area contributed by atoms with Gasteiger partial charge in [0.2, 0.25) is 0 Å². The Balaban J connectivity index is 2.20. The summed E-state index contributed by atoms with van der Waals surface area (Å²) < 4.78 is 13.7. The Morgan fingerprint density at radius 3 is 2.80 bits per heavy atom. The summed E-state index contributed by atoms with van der Waals surface area (Å²) in [5, 5.41) is 13.7. The van der Waals surface area contributed by atoms with Crippen molar-refractivity contribution in [3.05, 3.63) is 33.5 Å². The van der Waals surface area contributed by atoms with Crippen LogP contribution < -0.4 is 5.32 Å². The maximum Gasteiger partial charge on any atom is 0.147 e. The van der Waals surface area contributed by atoms with E-state index in [0.29, 0.717) is 4.47 Å². The Hall–Kier alpha value is -0.850. The second-order valence-electron chi connectivity index (χ2n) is 4.49. The Bertz CT molecular complexity index is 573. The third kappa shape index (κ3) is 3.62. The van der Waals surface area contributed by atoms with Crippen LogP contribution in [0.5, 0.6) is 0 Å². The first kappa shape index (κ1) is 15.5. The fraction of sp³-hybridized carbons (Fsp3) is 0.429. The summed E-state index contributed by atoms with van der Waals surface area (Å²) in [5.74, 6) is -0.269. The molecule has 2 rings (SSSR count). The first-order valence-electron chi connectivity index (χ1n) is 6.67. The number of hydrogen-bond acceptors (Lipinski definition) is 4. The Kier molecular flexibility index (Phi) is 5.63. The predicted octanol–water partition coefficient (Wildman–Crippen LogP) is 4.56. The number of nitrogens with zero attached hydrogens (tertiary/aromatic N) is 2. The van der Waals surface area contributed by atoms with Crippen molar-refractivity contribution >= 4 is 27.3 Å². The van der Waals surface area contributed by atoms with Crippen LogP contribution in [0.3, 0.4) is 0 Å². The zero-order valence-corrected chi connectivity index (χ0v) is 13.9. The summed E-state index contributed by atoms with van der Waals surface area (Å²) in [4.78, 5) is 0. The van der Waals surface area contributed by atoms with Gasteiger partial charge < -0.3 is 5.32 Å². The second-order valence-corrected chi connectivity index (χ2v) is 6.35. The van der Waals surface area contributed by atoms with Crippen molar-refractivity contribution in [3.8, 4) is 10.6 Å². The molecular weight excluding hydrogens is 341 g/mol. The van der Waals surface area contributed by atoms with Crippen LogP contribution in [0, 0.1) is 5.82 Å². The largest absolute Gasteiger partial charge is 0.308 e. The van der Waals surface area contributed by atoms with Gasteiger partial charge in [-0.3, -0.25) is 0 Å². The molecule has 1 atom stereocenters. The van der Waals surface area contributed by atoms with Gasteiger partial charge in [-0.1, -0.05) is 25.2 Å². The molecule has 1 aromatic heterocycles. The van der Waals surface area contributed by atoms with Gasteiger partial charge >= 0.3 is 0 Å². The van der Waals surface area contributed by atoms with E-state index >= 15 is 0 Å². The van der Waals surface area contributed by atoms with Gasteiger partial charge in [-0.15, -0.1) is 10.2 Å². The van der Waals surface area contributed by atoms with Crippen molar-refractivity contribution in [3.63, 3.8) is 0 Å². The van der Waals surface area contributed by atoms with E-state index in [2.05, 4.69) is 45.3 Å². The molecule has 0 fully saturated rings. The van der Waals surface area contributed by atoms with E-state index in [1.54, 1.807) is 23.5 Å². The molecule has 0 aliphatic carbocycles. The minimum absolute atomic E-state index is 0.241. The van der Waals surface area contributed by atoms with Crippen LogP contribution in [0.2, 0.25) is 0 Å². The predicted molar refractivity (Wildman–Crippen MR) is 84.3 cm³/mol. The molecule has 1 heterocycles. The monoisotopic (exact) mass is 357 g/mol. The van der Waals surface area contributed by atoms with E-state index in [1.165, 1.54) is 6.07 Å². The minimum atomic E-state index is -0.269. The second kappa shape index (κ2) is 7.24. The van der Waals surface area contributed by atoms with E-state index in [-0.39, 0.29) is 11.9 Å². The summed E-state index contributed by atoms with van der Waals surface area (Å²) in [7, 11) is 0. The van der Waals surface area contributed by atoms with Crippen LogP contribution in [0.1, 0.15) is 37.7 Å². The van der Waals surface area contributed by atoms with Crippen LogP contribution in [0.25, 0.3) is 10.6 Å². The summed E-state index contributed by atoms with van der Waals surface area (Å²) >= 11 is 4.75. The topological polar surface area (TPSA) is 37.8 Å². The number of hydrogen-bond donors (Lipinski definition) is 1.